The molecular weight excluding hydrogens is 278 g/mol. The summed E-state index contributed by atoms with van der Waals surface area (Å²) in [6.07, 6.45) is 0. The van der Waals surface area contributed by atoms with Crippen molar-refractivity contribution in [3.8, 4) is 11.4 Å². The van der Waals surface area contributed by atoms with Crippen molar-refractivity contribution in [2.24, 2.45) is 0 Å². The largest absolute Gasteiger partial charge is 0.270 e. The van der Waals surface area contributed by atoms with Crippen LogP contribution in [-0.2, 0) is 0 Å². The van der Waals surface area contributed by atoms with Crippen molar-refractivity contribution in [1.82, 2.24) is 9.97 Å². The van der Waals surface area contributed by atoms with Crippen molar-refractivity contribution in [3.63, 3.8) is 0 Å². The molecular formula is C14H14ClN3O2. The van der Waals surface area contributed by atoms with Gasteiger partial charge in [-0.2, -0.15) is 0 Å². The van der Waals surface area contributed by atoms with E-state index in [1.165, 1.54) is 12.1 Å². The zero-order valence-corrected chi connectivity index (χ0v) is 12.2. The number of aryl methyl sites for hydroxylation is 1. The molecule has 0 bridgehead atoms. The molecule has 0 aliphatic heterocycles. The van der Waals surface area contributed by atoms with Gasteiger partial charge in [-0.3, -0.25) is 10.1 Å². The Bertz CT molecular complexity index is 648. The highest BCUT2D eigenvalue weighted by atomic mass is 35.5. The lowest BCUT2D eigenvalue weighted by Crippen LogP contribution is -2.02. The van der Waals surface area contributed by atoms with Gasteiger partial charge in [-0.15, -0.1) is 0 Å². The van der Waals surface area contributed by atoms with Crippen molar-refractivity contribution in [3.05, 3.63) is 50.8 Å². The molecule has 2 rings (SSSR count). The van der Waals surface area contributed by atoms with Crippen LogP contribution < -0.4 is 0 Å². The lowest BCUT2D eigenvalue weighted by Gasteiger charge is -2.12. The first-order chi connectivity index (χ1) is 9.40. The SMILES string of the molecule is Cc1nc(-c2cccc([N+](=O)[O-])c2)nc(Cl)c1C(C)C. The van der Waals surface area contributed by atoms with E-state index in [1.807, 2.05) is 20.8 Å². The molecule has 104 valence electrons. The molecule has 0 spiro atoms. The van der Waals surface area contributed by atoms with Crippen LogP contribution in [0.4, 0.5) is 5.69 Å². The highest BCUT2D eigenvalue weighted by Crippen LogP contribution is 2.28. The van der Waals surface area contributed by atoms with Gasteiger partial charge in [0.1, 0.15) is 5.15 Å². The van der Waals surface area contributed by atoms with Gasteiger partial charge in [0.15, 0.2) is 5.82 Å². The van der Waals surface area contributed by atoms with Crippen molar-refractivity contribution in [2.75, 3.05) is 0 Å². The fourth-order valence-corrected chi connectivity index (χ4v) is 2.53. The van der Waals surface area contributed by atoms with Crippen LogP contribution in [0.2, 0.25) is 5.15 Å². The molecule has 20 heavy (non-hydrogen) atoms. The monoisotopic (exact) mass is 291 g/mol. The minimum atomic E-state index is -0.444. The van der Waals surface area contributed by atoms with E-state index in [9.17, 15) is 10.1 Å². The Labute approximate surface area is 121 Å². The molecule has 0 saturated heterocycles. The zero-order valence-electron chi connectivity index (χ0n) is 11.4. The molecule has 0 aliphatic rings. The summed E-state index contributed by atoms with van der Waals surface area (Å²) in [4.78, 5) is 19.0. The van der Waals surface area contributed by atoms with Crippen LogP contribution in [0.15, 0.2) is 24.3 Å². The second kappa shape index (κ2) is 5.54. The molecule has 0 saturated carbocycles. The Balaban J connectivity index is 2.54. The second-order valence-electron chi connectivity index (χ2n) is 4.80. The molecule has 0 fully saturated rings. The van der Waals surface area contributed by atoms with Gasteiger partial charge in [-0.25, -0.2) is 9.97 Å². The van der Waals surface area contributed by atoms with Crippen LogP contribution in [0.25, 0.3) is 11.4 Å². The number of nitrogens with zero attached hydrogens (tertiary/aromatic N) is 3. The standard InChI is InChI=1S/C14H14ClN3O2/c1-8(2)12-9(3)16-14(17-13(12)15)10-5-4-6-11(7-10)18(19)20/h4-8H,1-3H3. The quantitative estimate of drug-likeness (QED) is 0.484. The second-order valence-corrected chi connectivity index (χ2v) is 5.16. The molecule has 5 nitrogen and oxygen atoms in total. The van der Waals surface area contributed by atoms with E-state index in [4.69, 9.17) is 11.6 Å². The summed E-state index contributed by atoms with van der Waals surface area (Å²) in [5.41, 5.74) is 2.29. The van der Waals surface area contributed by atoms with E-state index in [2.05, 4.69) is 9.97 Å². The van der Waals surface area contributed by atoms with Crippen molar-refractivity contribution < 1.29 is 4.92 Å². The molecule has 1 aromatic carbocycles. The van der Waals surface area contributed by atoms with Crippen LogP contribution in [0.3, 0.4) is 0 Å². The molecule has 6 heteroatoms. The highest BCUT2D eigenvalue weighted by molar-refractivity contribution is 6.30. The summed E-state index contributed by atoms with van der Waals surface area (Å²) >= 11 is 6.20. The average Bonchev–Trinajstić information content (AvgIpc) is 2.37. The zero-order chi connectivity index (χ0) is 14.9. The minimum absolute atomic E-state index is 0.00723. The number of benzene rings is 1. The fraction of sp³-hybridized carbons (Fsp3) is 0.286. The predicted molar refractivity (Wildman–Crippen MR) is 78.0 cm³/mol. The first kappa shape index (κ1) is 14.4. The molecule has 0 amide bonds. The average molecular weight is 292 g/mol. The maximum atomic E-state index is 10.8. The highest BCUT2D eigenvalue weighted by Gasteiger charge is 2.15. The Kier molecular flexibility index (Phi) is 3.99. The normalized spacial score (nSPS) is 10.8. The predicted octanol–water partition coefficient (Wildman–Crippen LogP) is 4.14. The molecule has 0 N–H and O–H groups in total. The molecule has 0 atom stereocenters. The third-order valence-corrected chi connectivity index (χ3v) is 3.27. The number of aromatic nitrogens is 2. The molecule has 1 heterocycles. The number of hydrogen-bond donors (Lipinski definition) is 0. The van der Waals surface area contributed by atoms with Gasteiger partial charge in [0.25, 0.3) is 5.69 Å². The Morgan fingerprint density at radius 1 is 1.30 bits per heavy atom. The number of nitro groups is 1. The number of halogens is 1. The Hall–Kier alpha value is -2.01. The van der Waals surface area contributed by atoms with Crippen LogP contribution >= 0.6 is 11.6 Å². The van der Waals surface area contributed by atoms with Crippen molar-refractivity contribution in [2.45, 2.75) is 26.7 Å². The van der Waals surface area contributed by atoms with Gasteiger partial charge in [0, 0.05) is 29.0 Å². The van der Waals surface area contributed by atoms with Gasteiger partial charge in [-0.1, -0.05) is 37.6 Å². The minimum Gasteiger partial charge on any atom is -0.258 e. The van der Waals surface area contributed by atoms with Crippen molar-refractivity contribution >= 4 is 17.3 Å². The fourth-order valence-electron chi connectivity index (χ4n) is 2.09. The topological polar surface area (TPSA) is 68.9 Å². The van der Waals surface area contributed by atoms with Crippen molar-refractivity contribution in [1.29, 1.82) is 0 Å². The van der Waals surface area contributed by atoms with E-state index in [-0.39, 0.29) is 11.6 Å². The van der Waals surface area contributed by atoms with Crippen LogP contribution in [0.5, 0.6) is 0 Å². The first-order valence-corrected chi connectivity index (χ1v) is 6.56. The van der Waals surface area contributed by atoms with E-state index in [1.54, 1.807) is 12.1 Å². The van der Waals surface area contributed by atoms with E-state index in [0.717, 1.165) is 11.3 Å². The van der Waals surface area contributed by atoms with Crippen LogP contribution in [0, 0.1) is 17.0 Å². The number of rotatable bonds is 3. The molecule has 2 aromatic rings. The summed E-state index contributed by atoms with van der Waals surface area (Å²) < 4.78 is 0. The smallest absolute Gasteiger partial charge is 0.258 e. The third kappa shape index (κ3) is 2.77. The summed E-state index contributed by atoms with van der Waals surface area (Å²) in [7, 11) is 0. The van der Waals surface area contributed by atoms with E-state index < -0.39 is 4.92 Å². The van der Waals surface area contributed by atoms with E-state index >= 15 is 0 Å². The van der Waals surface area contributed by atoms with Gasteiger partial charge in [0.05, 0.1) is 4.92 Å². The van der Waals surface area contributed by atoms with Gasteiger partial charge < -0.3 is 0 Å². The molecule has 0 radical (unpaired) electrons. The summed E-state index contributed by atoms with van der Waals surface area (Å²) in [6, 6.07) is 6.21. The van der Waals surface area contributed by atoms with Gasteiger partial charge >= 0.3 is 0 Å². The van der Waals surface area contributed by atoms with Gasteiger partial charge in [-0.05, 0) is 12.8 Å². The Morgan fingerprint density at radius 2 is 2.00 bits per heavy atom. The lowest BCUT2D eigenvalue weighted by atomic mass is 10.0. The number of non-ortho nitro benzene ring substituents is 1. The first-order valence-electron chi connectivity index (χ1n) is 6.19. The maximum Gasteiger partial charge on any atom is 0.270 e. The number of nitro benzene ring substituents is 1. The van der Waals surface area contributed by atoms with E-state index in [0.29, 0.717) is 16.5 Å². The molecule has 1 aromatic heterocycles. The summed E-state index contributed by atoms with van der Waals surface area (Å²) in [5.74, 6) is 0.627. The number of hydrogen-bond acceptors (Lipinski definition) is 4. The summed E-state index contributed by atoms with van der Waals surface area (Å²) in [6.45, 7) is 5.90. The third-order valence-electron chi connectivity index (χ3n) is 2.98. The van der Waals surface area contributed by atoms with Gasteiger partial charge in [0.2, 0.25) is 0 Å². The maximum absolute atomic E-state index is 10.8. The molecule has 0 aliphatic carbocycles. The lowest BCUT2D eigenvalue weighted by molar-refractivity contribution is -0.384. The summed E-state index contributed by atoms with van der Waals surface area (Å²) in [5, 5.41) is 11.2. The van der Waals surface area contributed by atoms with Crippen LogP contribution in [0.1, 0.15) is 31.0 Å². The van der Waals surface area contributed by atoms with Crippen LogP contribution in [-0.4, -0.2) is 14.9 Å². The Morgan fingerprint density at radius 3 is 2.55 bits per heavy atom. The molecule has 0 unspecified atom stereocenters.